The molecule has 3 aromatic heterocycles. The van der Waals surface area contributed by atoms with Gasteiger partial charge in [0, 0.05) is 47.6 Å². The van der Waals surface area contributed by atoms with E-state index in [1.54, 1.807) is 47.8 Å². The van der Waals surface area contributed by atoms with Crippen LogP contribution in [0.3, 0.4) is 0 Å². The first-order valence-electron chi connectivity index (χ1n) is 14.0. The van der Waals surface area contributed by atoms with Crippen molar-refractivity contribution in [2.24, 2.45) is 0 Å². The van der Waals surface area contributed by atoms with Crippen LogP contribution in [0.5, 0.6) is 0 Å². The highest BCUT2D eigenvalue weighted by atomic mass is 19.1. The lowest BCUT2D eigenvalue weighted by molar-refractivity contribution is 0.0186. The Balaban J connectivity index is 1.51. The van der Waals surface area contributed by atoms with Gasteiger partial charge < -0.3 is 9.64 Å². The molecule has 4 heterocycles. The summed E-state index contributed by atoms with van der Waals surface area (Å²) in [5.74, 6) is -0.674. The average Bonchev–Trinajstić information content (AvgIpc) is 3.40. The Hall–Kier alpha value is -4.66. The molecular weight excluding hydrogens is 536 g/mol. The third-order valence-corrected chi connectivity index (χ3v) is 7.42. The summed E-state index contributed by atoms with van der Waals surface area (Å²) in [6.45, 7) is 6.64. The van der Waals surface area contributed by atoms with E-state index in [1.165, 1.54) is 24.3 Å². The van der Waals surface area contributed by atoms with E-state index < -0.39 is 5.60 Å². The molecule has 0 spiro atoms. The zero-order valence-electron chi connectivity index (χ0n) is 23.7. The maximum atomic E-state index is 14.0. The van der Waals surface area contributed by atoms with Crippen LogP contribution in [0.15, 0.2) is 79.3 Å². The van der Waals surface area contributed by atoms with Gasteiger partial charge in [-0.1, -0.05) is 12.1 Å². The molecule has 7 nitrogen and oxygen atoms in total. The number of benzene rings is 2. The minimum absolute atomic E-state index is 0.00241. The lowest BCUT2D eigenvalue weighted by Gasteiger charge is -2.33. The third kappa shape index (κ3) is 5.46. The lowest BCUT2D eigenvalue weighted by Crippen LogP contribution is -2.42. The molecule has 5 aromatic rings. The van der Waals surface area contributed by atoms with Gasteiger partial charge in [-0.05, 0) is 93.3 Å². The summed E-state index contributed by atoms with van der Waals surface area (Å²) >= 11 is 0. The Morgan fingerprint density at radius 2 is 1.40 bits per heavy atom. The van der Waals surface area contributed by atoms with Gasteiger partial charge in [0.25, 0.3) is 0 Å². The molecule has 0 unspecified atom stereocenters. The molecule has 0 saturated carbocycles. The first-order chi connectivity index (χ1) is 20.2. The number of hydrogen-bond donors (Lipinski definition) is 0. The van der Waals surface area contributed by atoms with Crippen molar-refractivity contribution in [2.45, 2.75) is 45.3 Å². The van der Waals surface area contributed by atoms with E-state index in [4.69, 9.17) is 14.8 Å². The first-order valence-corrected chi connectivity index (χ1v) is 14.0. The summed E-state index contributed by atoms with van der Waals surface area (Å²) in [4.78, 5) is 23.7. The number of hydrogen-bond acceptors (Lipinski definition) is 5. The minimum atomic E-state index is -0.559. The summed E-state index contributed by atoms with van der Waals surface area (Å²) < 4.78 is 35.5. The van der Waals surface area contributed by atoms with Crippen LogP contribution in [0.4, 0.5) is 13.6 Å². The van der Waals surface area contributed by atoms with Crippen LogP contribution in [0.2, 0.25) is 0 Å². The van der Waals surface area contributed by atoms with Gasteiger partial charge in [-0.3, -0.25) is 4.98 Å². The Morgan fingerprint density at radius 1 is 0.833 bits per heavy atom. The zero-order chi connectivity index (χ0) is 29.4. The molecule has 42 heavy (non-hydrogen) atoms. The predicted molar refractivity (Wildman–Crippen MR) is 158 cm³/mol. The zero-order valence-corrected chi connectivity index (χ0v) is 23.7. The number of fused-ring (bicyclic) bond motifs is 1. The van der Waals surface area contributed by atoms with Crippen molar-refractivity contribution in [3.8, 4) is 33.5 Å². The van der Waals surface area contributed by atoms with Crippen LogP contribution < -0.4 is 0 Å². The Kier molecular flexibility index (Phi) is 7.18. The molecule has 1 aliphatic rings. The monoisotopic (exact) mass is 567 g/mol. The van der Waals surface area contributed by atoms with Gasteiger partial charge in [0.05, 0.1) is 17.9 Å². The first kappa shape index (κ1) is 27.5. The van der Waals surface area contributed by atoms with Crippen LogP contribution in [0.1, 0.15) is 39.7 Å². The molecule has 1 aliphatic heterocycles. The number of piperidine rings is 1. The Morgan fingerprint density at radius 3 is 2.00 bits per heavy atom. The van der Waals surface area contributed by atoms with Crippen molar-refractivity contribution >= 4 is 17.1 Å². The van der Waals surface area contributed by atoms with Gasteiger partial charge in [-0.2, -0.15) is 5.10 Å². The van der Waals surface area contributed by atoms with Gasteiger partial charge >= 0.3 is 6.09 Å². The van der Waals surface area contributed by atoms with Crippen molar-refractivity contribution < 1.29 is 18.3 Å². The number of aromatic nitrogens is 4. The highest BCUT2D eigenvalue weighted by Crippen LogP contribution is 2.44. The molecule has 0 radical (unpaired) electrons. The molecule has 1 amide bonds. The quantitative estimate of drug-likeness (QED) is 0.223. The van der Waals surface area contributed by atoms with E-state index in [0.717, 1.165) is 33.2 Å². The van der Waals surface area contributed by atoms with Gasteiger partial charge in [0.2, 0.25) is 0 Å². The van der Waals surface area contributed by atoms with Gasteiger partial charge in [-0.15, -0.1) is 0 Å². The van der Waals surface area contributed by atoms with Crippen LogP contribution in [0.25, 0.3) is 44.5 Å². The molecule has 6 rings (SSSR count). The van der Waals surface area contributed by atoms with Crippen molar-refractivity contribution in [1.82, 2.24) is 24.6 Å². The summed E-state index contributed by atoms with van der Waals surface area (Å²) in [5, 5.41) is 5.62. The van der Waals surface area contributed by atoms with E-state index >= 15 is 0 Å². The number of likely N-dealkylation sites (tertiary alicyclic amines) is 1. The van der Waals surface area contributed by atoms with Crippen LogP contribution >= 0.6 is 0 Å². The van der Waals surface area contributed by atoms with Crippen molar-refractivity contribution in [2.75, 3.05) is 13.1 Å². The highest BCUT2D eigenvalue weighted by Gasteiger charge is 2.30. The minimum Gasteiger partial charge on any atom is -0.444 e. The van der Waals surface area contributed by atoms with E-state index in [0.29, 0.717) is 37.3 Å². The smallest absolute Gasteiger partial charge is 0.410 e. The summed E-state index contributed by atoms with van der Waals surface area (Å²) in [5.41, 5.74) is 4.85. The topological polar surface area (TPSA) is 73.1 Å². The third-order valence-electron chi connectivity index (χ3n) is 7.42. The number of carbonyl (C=O) groups excluding carboxylic acids is 1. The maximum Gasteiger partial charge on any atom is 0.410 e. The van der Waals surface area contributed by atoms with Crippen molar-refractivity contribution in [1.29, 1.82) is 0 Å². The number of amides is 1. The lowest BCUT2D eigenvalue weighted by atomic mass is 9.89. The molecule has 9 heteroatoms. The fourth-order valence-electron chi connectivity index (χ4n) is 5.48. The van der Waals surface area contributed by atoms with Gasteiger partial charge in [0.1, 0.15) is 17.2 Å². The van der Waals surface area contributed by atoms with E-state index in [9.17, 15) is 13.6 Å². The SMILES string of the molecule is CC(C)(C)OC(=O)N1CCC(n2ncc3c(-c4ccc(F)cc4)c(-c4ccncc4)c(-c4ccc(F)cc4)nc32)CC1. The number of pyridine rings is 2. The molecule has 0 bridgehead atoms. The summed E-state index contributed by atoms with van der Waals surface area (Å²) in [6.07, 6.45) is 6.28. The van der Waals surface area contributed by atoms with E-state index in [1.807, 2.05) is 37.6 Å². The van der Waals surface area contributed by atoms with Crippen LogP contribution in [-0.2, 0) is 4.74 Å². The average molecular weight is 568 g/mol. The fourth-order valence-corrected chi connectivity index (χ4v) is 5.48. The highest BCUT2D eigenvalue weighted by molar-refractivity contribution is 6.06. The van der Waals surface area contributed by atoms with Gasteiger partial charge in [0.15, 0.2) is 5.65 Å². The second kappa shape index (κ2) is 11.0. The predicted octanol–water partition coefficient (Wildman–Crippen LogP) is 7.68. The number of halogens is 2. The molecule has 0 N–H and O–H groups in total. The molecule has 214 valence electrons. The molecule has 0 atom stereocenters. The molecule has 1 saturated heterocycles. The van der Waals surface area contributed by atoms with Crippen molar-refractivity contribution in [3.63, 3.8) is 0 Å². The second-order valence-corrected chi connectivity index (χ2v) is 11.5. The van der Waals surface area contributed by atoms with Crippen LogP contribution in [-0.4, -0.2) is 49.4 Å². The second-order valence-electron chi connectivity index (χ2n) is 11.5. The number of carbonyl (C=O) groups is 1. The molecular formula is C33H31F2N5O2. The molecule has 0 aliphatic carbocycles. The van der Waals surface area contributed by atoms with E-state index in [2.05, 4.69) is 4.98 Å². The van der Waals surface area contributed by atoms with Crippen LogP contribution in [0, 0.1) is 11.6 Å². The molecule has 1 fully saturated rings. The summed E-state index contributed by atoms with van der Waals surface area (Å²) in [7, 11) is 0. The standard InChI is InChI=1S/C33H31F2N5O2/c1-33(2,3)42-32(41)39-18-14-26(15-19-39)40-31-27(20-37-40)28(21-4-8-24(34)9-5-21)29(22-12-16-36-17-13-22)30(38-31)23-6-10-25(35)11-7-23/h4-13,16-17,20,26H,14-15,18-19H2,1-3H3. The summed E-state index contributed by atoms with van der Waals surface area (Å²) in [6, 6.07) is 16.4. The largest absolute Gasteiger partial charge is 0.444 e. The number of rotatable bonds is 4. The number of ether oxygens (including phenoxy) is 1. The maximum absolute atomic E-state index is 14.0. The van der Waals surface area contributed by atoms with E-state index in [-0.39, 0.29) is 23.8 Å². The number of nitrogens with zero attached hydrogens (tertiary/aromatic N) is 5. The van der Waals surface area contributed by atoms with Gasteiger partial charge in [-0.25, -0.2) is 23.2 Å². The van der Waals surface area contributed by atoms with Crippen molar-refractivity contribution in [3.05, 3.63) is 90.9 Å². The molecule has 2 aromatic carbocycles. The fraction of sp³-hybridized carbons (Fsp3) is 0.273. The Bertz CT molecular complexity index is 1720. The normalized spacial score (nSPS) is 14.4. The Labute approximate surface area is 242 Å².